The van der Waals surface area contributed by atoms with Gasteiger partial charge in [0.2, 0.25) is 5.78 Å². The van der Waals surface area contributed by atoms with Crippen molar-refractivity contribution in [2.45, 2.75) is 22.9 Å². The van der Waals surface area contributed by atoms with E-state index >= 15 is 0 Å². The van der Waals surface area contributed by atoms with Crippen LogP contribution in [0.4, 0.5) is 18.9 Å². The van der Waals surface area contributed by atoms with E-state index in [4.69, 9.17) is 23.2 Å². The highest BCUT2D eigenvalue weighted by atomic mass is 35.5. The van der Waals surface area contributed by atoms with Gasteiger partial charge in [0.1, 0.15) is 5.69 Å². The number of halogens is 5. The number of anilines is 1. The van der Waals surface area contributed by atoms with E-state index in [0.29, 0.717) is 6.07 Å². The van der Waals surface area contributed by atoms with E-state index in [0.717, 1.165) is 30.7 Å². The molecule has 0 saturated heterocycles. The molecule has 0 aliphatic heterocycles. The zero-order chi connectivity index (χ0) is 26.3. The van der Waals surface area contributed by atoms with Crippen molar-refractivity contribution in [1.82, 2.24) is 4.98 Å². The predicted octanol–water partition coefficient (Wildman–Crippen LogP) is 5.15. The van der Waals surface area contributed by atoms with E-state index in [9.17, 15) is 34.8 Å². The van der Waals surface area contributed by atoms with Crippen molar-refractivity contribution in [3.05, 3.63) is 81.1 Å². The first-order valence-electron chi connectivity index (χ1n) is 9.42. The zero-order valence-corrected chi connectivity index (χ0v) is 21.0. The summed E-state index contributed by atoms with van der Waals surface area (Å²) in [5, 5.41) is -0.802. The van der Waals surface area contributed by atoms with Crippen molar-refractivity contribution in [2.75, 3.05) is 11.0 Å². The molecule has 2 aromatic carbocycles. The Morgan fingerprint density at radius 3 is 2.29 bits per heavy atom. The molecule has 0 radical (unpaired) electrons. The molecule has 7 nitrogen and oxygen atoms in total. The quantitative estimate of drug-likeness (QED) is 0.413. The van der Waals surface area contributed by atoms with Gasteiger partial charge in [-0.15, -0.1) is 0 Å². The standard InChI is InChI=1S/C21H15Cl2F3N2O5S2/c1-11-4-3-5-17(34(2,30)31)18(11)20(29)19-16(8-12(22)10-27-19)28-35(32,33)13-6-7-15(23)14(9-13)21(24,25)26/h3-10,28H,1-2H3. The lowest BCUT2D eigenvalue weighted by Gasteiger charge is -2.15. The molecule has 0 spiro atoms. The van der Waals surface area contributed by atoms with Crippen LogP contribution in [-0.2, 0) is 26.0 Å². The average Bonchev–Trinajstić information content (AvgIpc) is 2.71. The minimum absolute atomic E-state index is 0.0977. The molecule has 0 aliphatic rings. The molecule has 1 N–H and O–H groups in total. The summed E-state index contributed by atoms with van der Waals surface area (Å²) in [7, 11) is -8.56. The van der Waals surface area contributed by atoms with E-state index in [-0.39, 0.29) is 21.0 Å². The number of nitrogens with zero attached hydrogens (tertiary/aromatic N) is 1. The fraction of sp³-hybridized carbons (Fsp3) is 0.143. The SMILES string of the molecule is Cc1cccc(S(C)(=O)=O)c1C(=O)c1ncc(Cl)cc1NS(=O)(=O)c1ccc(Cl)c(C(F)(F)F)c1. The van der Waals surface area contributed by atoms with Gasteiger partial charge in [0, 0.05) is 18.0 Å². The number of alkyl halides is 3. The van der Waals surface area contributed by atoms with Crippen molar-refractivity contribution in [3.63, 3.8) is 0 Å². The van der Waals surface area contributed by atoms with E-state index in [2.05, 4.69) is 4.98 Å². The summed E-state index contributed by atoms with van der Waals surface area (Å²) in [6.45, 7) is 1.48. The van der Waals surface area contributed by atoms with Crippen molar-refractivity contribution < 1.29 is 34.8 Å². The lowest BCUT2D eigenvalue weighted by atomic mass is 10.0. The molecule has 0 atom stereocenters. The second-order valence-corrected chi connectivity index (χ2v) is 11.9. The summed E-state index contributed by atoms with van der Waals surface area (Å²) >= 11 is 11.5. The van der Waals surface area contributed by atoms with Crippen molar-refractivity contribution in [3.8, 4) is 0 Å². The number of hydrogen-bond acceptors (Lipinski definition) is 6. The van der Waals surface area contributed by atoms with Crippen LogP contribution in [0.5, 0.6) is 0 Å². The number of pyridine rings is 1. The maximum Gasteiger partial charge on any atom is 0.417 e. The van der Waals surface area contributed by atoms with Crippen LogP contribution in [0.2, 0.25) is 10.0 Å². The first-order valence-corrected chi connectivity index (χ1v) is 13.5. The van der Waals surface area contributed by atoms with E-state index in [1.807, 2.05) is 4.72 Å². The van der Waals surface area contributed by atoms with Gasteiger partial charge in [0.05, 0.1) is 31.1 Å². The third-order valence-electron chi connectivity index (χ3n) is 4.73. The monoisotopic (exact) mass is 566 g/mol. The molecule has 1 aromatic heterocycles. The predicted molar refractivity (Wildman–Crippen MR) is 124 cm³/mol. The maximum absolute atomic E-state index is 13.3. The Morgan fingerprint density at radius 2 is 1.69 bits per heavy atom. The van der Waals surface area contributed by atoms with Crippen molar-refractivity contribution in [2.24, 2.45) is 0 Å². The van der Waals surface area contributed by atoms with Gasteiger partial charge in [-0.25, -0.2) is 21.8 Å². The molecule has 35 heavy (non-hydrogen) atoms. The Kier molecular flexibility index (Phi) is 7.24. The molecule has 0 saturated carbocycles. The number of sulfonamides is 1. The smallest absolute Gasteiger partial charge is 0.287 e. The average molecular weight is 567 g/mol. The highest BCUT2D eigenvalue weighted by molar-refractivity contribution is 7.92. The van der Waals surface area contributed by atoms with Gasteiger partial charge in [-0.2, -0.15) is 13.2 Å². The molecule has 14 heteroatoms. The molecule has 186 valence electrons. The van der Waals surface area contributed by atoms with E-state index < -0.39 is 58.7 Å². The molecule has 0 bridgehead atoms. The number of carbonyl (C=O) groups is 1. The second-order valence-electron chi connectivity index (χ2n) is 7.34. The molecular weight excluding hydrogens is 552 g/mol. The highest BCUT2D eigenvalue weighted by Gasteiger charge is 2.35. The third-order valence-corrected chi connectivity index (χ3v) is 7.77. The normalized spacial score (nSPS) is 12.4. The Hall–Kier alpha value is -2.67. The van der Waals surface area contributed by atoms with Crippen LogP contribution in [-0.4, -0.2) is 33.9 Å². The van der Waals surface area contributed by atoms with E-state index in [1.54, 1.807) is 0 Å². The van der Waals surface area contributed by atoms with Crippen LogP contribution < -0.4 is 4.72 Å². The first-order chi connectivity index (χ1) is 16.0. The summed E-state index contributed by atoms with van der Waals surface area (Å²) in [6, 6.07) is 7.11. The number of carbonyl (C=O) groups excluding carboxylic acids is 1. The molecule has 3 aromatic rings. The number of rotatable bonds is 6. The molecule has 0 unspecified atom stereocenters. The Bertz CT molecular complexity index is 1560. The van der Waals surface area contributed by atoms with Crippen LogP contribution in [0.15, 0.2) is 58.5 Å². The largest absolute Gasteiger partial charge is 0.417 e. The van der Waals surface area contributed by atoms with Gasteiger partial charge < -0.3 is 0 Å². The second kappa shape index (κ2) is 9.41. The van der Waals surface area contributed by atoms with Gasteiger partial charge >= 0.3 is 6.18 Å². The first kappa shape index (κ1) is 26.9. The number of aromatic nitrogens is 1. The summed E-state index contributed by atoms with van der Waals surface area (Å²) < 4.78 is 91.9. The van der Waals surface area contributed by atoms with Crippen molar-refractivity contribution >= 4 is 54.5 Å². The minimum Gasteiger partial charge on any atom is -0.287 e. The number of sulfone groups is 1. The van der Waals surface area contributed by atoms with Crippen LogP contribution in [0.1, 0.15) is 27.2 Å². The number of hydrogen-bond donors (Lipinski definition) is 1. The molecule has 1 heterocycles. The summed E-state index contributed by atoms with van der Waals surface area (Å²) in [5.74, 6) is -0.940. The highest BCUT2D eigenvalue weighted by Crippen LogP contribution is 2.36. The van der Waals surface area contributed by atoms with Gasteiger partial charge in [-0.05, 0) is 42.8 Å². The molecule has 0 aliphatic carbocycles. The Labute approximate surface area is 208 Å². The van der Waals surface area contributed by atoms with Gasteiger partial charge in [0.15, 0.2) is 9.84 Å². The van der Waals surface area contributed by atoms with Crippen molar-refractivity contribution in [1.29, 1.82) is 0 Å². The van der Waals surface area contributed by atoms with Crippen LogP contribution in [0, 0.1) is 6.92 Å². The minimum atomic E-state index is -4.92. The van der Waals surface area contributed by atoms with Crippen LogP contribution in [0.3, 0.4) is 0 Å². The summed E-state index contributed by atoms with van der Waals surface area (Å²) in [5.41, 5.74) is -2.32. The lowest BCUT2D eigenvalue weighted by Crippen LogP contribution is -2.19. The third kappa shape index (κ3) is 5.77. The lowest BCUT2D eigenvalue weighted by molar-refractivity contribution is -0.137. The topological polar surface area (TPSA) is 110 Å². The summed E-state index contributed by atoms with van der Waals surface area (Å²) in [4.78, 5) is 16.1. The molecule has 3 rings (SSSR count). The molecule has 0 fully saturated rings. The molecule has 0 amide bonds. The molecular formula is C21H15Cl2F3N2O5S2. The van der Waals surface area contributed by atoms with Gasteiger partial charge in [0.25, 0.3) is 10.0 Å². The Balaban J connectivity index is 2.15. The zero-order valence-electron chi connectivity index (χ0n) is 17.8. The number of nitrogens with one attached hydrogen (secondary N) is 1. The van der Waals surface area contributed by atoms with Gasteiger partial charge in [-0.1, -0.05) is 35.3 Å². The number of ketones is 1. The van der Waals surface area contributed by atoms with Crippen LogP contribution >= 0.6 is 23.2 Å². The fourth-order valence-corrected chi connectivity index (χ4v) is 5.57. The summed E-state index contributed by atoms with van der Waals surface area (Å²) in [6.07, 6.45) is -2.99. The van der Waals surface area contributed by atoms with Gasteiger partial charge in [-0.3, -0.25) is 9.52 Å². The Morgan fingerprint density at radius 1 is 1.03 bits per heavy atom. The number of benzene rings is 2. The number of aryl methyl sites for hydroxylation is 1. The fourth-order valence-electron chi connectivity index (χ4n) is 3.15. The van der Waals surface area contributed by atoms with Crippen LogP contribution in [0.25, 0.3) is 0 Å². The maximum atomic E-state index is 13.3. The van der Waals surface area contributed by atoms with E-state index in [1.165, 1.54) is 25.1 Å².